The van der Waals surface area contributed by atoms with Crippen LogP contribution in [0.25, 0.3) is 33.6 Å². The van der Waals surface area contributed by atoms with E-state index < -0.39 is 0 Å². The van der Waals surface area contributed by atoms with Gasteiger partial charge in [-0.3, -0.25) is 0 Å². The maximum Gasteiger partial charge on any atom is 0.0160 e. The number of hydrogen-bond acceptors (Lipinski definition) is 2. The van der Waals surface area contributed by atoms with E-state index >= 15 is 0 Å². The number of hydrogen-bond donors (Lipinski definition) is 0. The summed E-state index contributed by atoms with van der Waals surface area (Å²) in [5.41, 5.74) is 6.21. The van der Waals surface area contributed by atoms with Gasteiger partial charge >= 0.3 is 0 Å². The summed E-state index contributed by atoms with van der Waals surface area (Å²) < 4.78 is 0. The SMILES string of the molecule is [Ir].[c-]1ccccc1-c1[c-]cccc1.[c-]1ccccc1-c1ccccn1.[c-]1ccccc1-c1ccccn1. The Morgan fingerprint density at radius 1 is 0.351 bits per heavy atom. The van der Waals surface area contributed by atoms with E-state index in [1.807, 2.05) is 133 Å². The molecule has 0 aliphatic carbocycles. The molecule has 0 amide bonds. The molecule has 4 aromatic carbocycles. The topological polar surface area (TPSA) is 25.8 Å². The molecule has 6 aromatic rings. The molecule has 0 spiro atoms. The third kappa shape index (κ3) is 9.09. The van der Waals surface area contributed by atoms with Crippen LogP contribution >= 0.6 is 0 Å². The third-order valence-corrected chi connectivity index (χ3v) is 5.01. The fourth-order valence-corrected chi connectivity index (χ4v) is 3.27. The number of benzene rings is 4. The Hall–Kier alpha value is -4.17. The van der Waals surface area contributed by atoms with Gasteiger partial charge in [-0.25, -0.2) is 11.1 Å². The van der Waals surface area contributed by atoms with Gasteiger partial charge in [-0.1, -0.05) is 24.3 Å². The van der Waals surface area contributed by atoms with Crippen LogP contribution in [-0.4, -0.2) is 9.97 Å². The zero-order valence-corrected chi connectivity index (χ0v) is 22.5. The minimum Gasteiger partial charge on any atom is -0.305 e. The van der Waals surface area contributed by atoms with Gasteiger partial charge in [-0.15, -0.1) is 83.9 Å². The van der Waals surface area contributed by atoms with E-state index in [0.29, 0.717) is 0 Å². The van der Waals surface area contributed by atoms with Gasteiger partial charge in [-0.05, 0) is 23.5 Å². The van der Waals surface area contributed by atoms with Crippen molar-refractivity contribution in [2.45, 2.75) is 0 Å². The molecule has 0 unspecified atom stereocenters. The zero-order valence-electron chi connectivity index (χ0n) is 20.1. The van der Waals surface area contributed by atoms with E-state index in [1.165, 1.54) is 0 Å². The third-order valence-electron chi connectivity index (χ3n) is 5.01. The van der Waals surface area contributed by atoms with Crippen molar-refractivity contribution in [2.75, 3.05) is 0 Å². The summed E-state index contributed by atoms with van der Waals surface area (Å²) in [4.78, 5) is 8.44. The van der Waals surface area contributed by atoms with Crippen LogP contribution < -0.4 is 0 Å². The maximum atomic E-state index is 4.22. The van der Waals surface area contributed by atoms with E-state index in [-0.39, 0.29) is 20.1 Å². The molecule has 0 fully saturated rings. The predicted octanol–water partition coefficient (Wildman–Crippen LogP) is 8.05. The normalized spacial score (nSPS) is 9.41. The standard InChI is InChI=1S/C12H8.2C11H8N.Ir/c1-3-7-11(8-4-1)12-9-5-2-6-10-12;2*1-2-6-10(7-3-1)11-8-4-5-9-12-11;/h1-7,9H;2*1-6,8-9H;/q-2;2*-1;. The molecular weight excluding hydrogens is 629 g/mol. The van der Waals surface area contributed by atoms with Crippen LogP contribution in [0.2, 0.25) is 0 Å². The molecule has 37 heavy (non-hydrogen) atoms. The number of pyridine rings is 2. The molecule has 0 saturated heterocycles. The Bertz CT molecular complexity index is 1090. The molecule has 0 N–H and O–H groups in total. The predicted molar refractivity (Wildman–Crippen MR) is 147 cm³/mol. The van der Waals surface area contributed by atoms with Gasteiger partial charge in [-0.2, -0.15) is 48.5 Å². The first-order valence-corrected chi connectivity index (χ1v) is 11.6. The van der Waals surface area contributed by atoms with Crippen LogP contribution in [0.4, 0.5) is 0 Å². The van der Waals surface area contributed by atoms with Crippen molar-refractivity contribution < 1.29 is 20.1 Å². The molecule has 2 nitrogen and oxygen atoms in total. The van der Waals surface area contributed by atoms with E-state index in [1.54, 1.807) is 12.4 Å². The molecule has 0 saturated carbocycles. The van der Waals surface area contributed by atoms with Gasteiger partial charge in [0.05, 0.1) is 0 Å². The molecule has 0 atom stereocenters. The monoisotopic (exact) mass is 653 g/mol. The summed E-state index contributed by atoms with van der Waals surface area (Å²) in [6, 6.07) is 55.8. The Morgan fingerprint density at radius 2 is 0.676 bits per heavy atom. The Labute approximate surface area is 233 Å². The van der Waals surface area contributed by atoms with Crippen molar-refractivity contribution in [3.05, 3.63) is 170 Å². The molecule has 0 aliphatic heterocycles. The van der Waals surface area contributed by atoms with Crippen LogP contribution in [0.1, 0.15) is 0 Å². The molecule has 3 heteroatoms. The molecule has 2 heterocycles. The Kier molecular flexibility index (Phi) is 11.7. The van der Waals surface area contributed by atoms with Crippen molar-refractivity contribution in [3.63, 3.8) is 0 Å². The van der Waals surface area contributed by atoms with Crippen LogP contribution in [0, 0.1) is 24.3 Å². The molecule has 1 radical (unpaired) electrons. The second-order valence-corrected chi connectivity index (χ2v) is 7.53. The summed E-state index contributed by atoms with van der Waals surface area (Å²) in [5.74, 6) is 0. The average molecular weight is 653 g/mol. The van der Waals surface area contributed by atoms with Crippen LogP contribution in [0.15, 0.2) is 146 Å². The first-order valence-electron chi connectivity index (χ1n) is 11.6. The van der Waals surface area contributed by atoms with Crippen molar-refractivity contribution in [2.24, 2.45) is 0 Å². The minimum atomic E-state index is 0. The average Bonchev–Trinajstić information content (AvgIpc) is 3.01. The summed E-state index contributed by atoms with van der Waals surface area (Å²) in [6.07, 6.45) is 3.58. The van der Waals surface area contributed by atoms with Gasteiger partial charge in [0.2, 0.25) is 0 Å². The summed E-state index contributed by atoms with van der Waals surface area (Å²) >= 11 is 0. The quantitative estimate of drug-likeness (QED) is 0.181. The molecular formula is C34H24IrN2-4. The number of aromatic nitrogens is 2. The minimum absolute atomic E-state index is 0. The van der Waals surface area contributed by atoms with Gasteiger partial charge in [0.25, 0.3) is 0 Å². The van der Waals surface area contributed by atoms with Gasteiger partial charge in [0.15, 0.2) is 0 Å². The zero-order chi connectivity index (χ0) is 24.7. The van der Waals surface area contributed by atoms with Crippen molar-refractivity contribution in [3.8, 4) is 33.6 Å². The summed E-state index contributed by atoms with van der Waals surface area (Å²) in [7, 11) is 0. The van der Waals surface area contributed by atoms with E-state index in [9.17, 15) is 0 Å². The van der Waals surface area contributed by atoms with Crippen molar-refractivity contribution >= 4 is 0 Å². The van der Waals surface area contributed by atoms with Crippen LogP contribution in [0.5, 0.6) is 0 Å². The largest absolute Gasteiger partial charge is 0.305 e. The molecule has 183 valence electrons. The number of nitrogens with zero attached hydrogens (tertiary/aromatic N) is 2. The maximum absolute atomic E-state index is 4.22. The fourth-order valence-electron chi connectivity index (χ4n) is 3.27. The van der Waals surface area contributed by atoms with Gasteiger partial charge in [0, 0.05) is 32.5 Å². The van der Waals surface area contributed by atoms with E-state index in [4.69, 9.17) is 0 Å². The van der Waals surface area contributed by atoms with E-state index in [2.05, 4.69) is 34.2 Å². The van der Waals surface area contributed by atoms with Gasteiger partial charge in [0.1, 0.15) is 0 Å². The Balaban J connectivity index is 0.000000152. The molecule has 0 aliphatic rings. The molecule has 2 aromatic heterocycles. The van der Waals surface area contributed by atoms with Crippen LogP contribution in [0.3, 0.4) is 0 Å². The number of rotatable bonds is 3. The molecule has 0 bridgehead atoms. The van der Waals surface area contributed by atoms with Crippen LogP contribution in [-0.2, 0) is 20.1 Å². The van der Waals surface area contributed by atoms with Gasteiger partial charge < -0.3 is 9.97 Å². The summed E-state index contributed by atoms with van der Waals surface area (Å²) in [5, 5.41) is 0. The van der Waals surface area contributed by atoms with E-state index in [0.717, 1.165) is 33.6 Å². The Morgan fingerprint density at radius 3 is 0.946 bits per heavy atom. The second kappa shape index (κ2) is 15.7. The summed E-state index contributed by atoms with van der Waals surface area (Å²) in [6.45, 7) is 0. The van der Waals surface area contributed by atoms with Crippen molar-refractivity contribution in [1.82, 2.24) is 9.97 Å². The smallest absolute Gasteiger partial charge is 0.0160 e. The fraction of sp³-hybridized carbons (Fsp3) is 0. The second-order valence-electron chi connectivity index (χ2n) is 7.53. The first-order chi connectivity index (χ1) is 17.9. The first kappa shape index (κ1) is 27.4. The molecule has 6 rings (SSSR count). The van der Waals surface area contributed by atoms with Crippen molar-refractivity contribution in [1.29, 1.82) is 0 Å².